The zero-order valence-corrected chi connectivity index (χ0v) is 18.3. The van der Waals surface area contributed by atoms with E-state index >= 15 is 0 Å². The fourth-order valence-electron chi connectivity index (χ4n) is 3.04. The van der Waals surface area contributed by atoms with Gasteiger partial charge >= 0.3 is 0 Å². The van der Waals surface area contributed by atoms with E-state index in [-0.39, 0.29) is 4.90 Å². The Morgan fingerprint density at radius 1 is 1.00 bits per heavy atom. The minimum atomic E-state index is -3.52. The van der Waals surface area contributed by atoms with Gasteiger partial charge in [-0.1, -0.05) is 37.6 Å². The molecule has 3 rings (SSSR count). The van der Waals surface area contributed by atoms with Crippen molar-refractivity contribution >= 4 is 44.6 Å². The second-order valence-corrected chi connectivity index (χ2v) is 9.81. The first-order chi connectivity index (χ1) is 13.3. The number of piperazine rings is 1. The molecule has 1 N–H and O–H groups in total. The lowest BCUT2D eigenvalue weighted by atomic mass is 10.0. The highest BCUT2D eigenvalue weighted by atomic mass is 35.5. The van der Waals surface area contributed by atoms with Gasteiger partial charge < -0.3 is 10.2 Å². The third-order valence-corrected chi connectivity index (χ3v) is 7.33. The Morgan fingerprint density at radius 2 is 1.57 bits per heavy atom. The lowest BCUT2D eigenvalue weighted by Gasteiger charge is -2.35. The molecule has 8 heteroatoms. The highest BCUT2D eigenvalue weighted by molar-refractivity contribution is 7.89. The maximum Gasteiger partial charge on any atom is 0.243 e. The van der Waals surface area contributed by atoms with Crippen molar-refractivity contribution in [2.75, 3.05) is 31.5 Å². The molecule has 0 spiro atoms. The quantitative estimate of drug-likeness (QED) is 0.727. The molecule has 2 aromatic carbocycles. The number of hydrogen-bond donors (Lipinski definition) is 1. The fraction of sp³-hybridized carbons (Fsp3) is 0.350. The van der Waals surface area contributed by atoms with Crippen molar-refractivity contribution in [3.05, 3.63) is 59.1 Å². The zero-order chi connectivity index (χ0) is 20.3. The molecular formula is C20H24ClN3O2S2. The van der Waals surface area contributed by atoms with E-state index in [1.54, 1.807) is 12.1 Å². The van der Waals surface area contributed by atoms with Gasteiger partial charge in [0.05, 0.1) is 4.90 Å². The van der Waals surface area contributed by atoms with Crippen molar-refractivity contribution in [2.45, 2.75) is 24.7 Å². The van der Waals surface area contributed by atoms with Gasteiger partial charge in [0.15, 0.2) is 5.11 Å². The summed E-state index contributed by atoms with van der Waals surface area (Å²) in [7, 11) is -3.52. The van der Waals surface area contributed by atoms with Crippen LogP contribution in [0, 0.1) is 0 Å². The van der Waals surface area contributed by atoms with Crippen molar-refractivity contribution in [3.8, 4) is 0 Å². The Bertz CT molecular complexity index is 921. The number of anilines is 1. The van der Waals surface area contributed by atoms with E-state index in [1.165, 1.54) is 22.0 Å². The second kappa shape index (κ2) is 8.78. The average Bonchev–Trinajstić information content (AvgIpc) is 2.69. The van der Waals surface area contributed by atoms with Crippen LogP contribution in [0.3, 0.4) is 0 Å². The van der Waals surface area contributed by atoms with Crippen molar-refractivity contribution in [1.29, 1.82) is 0 Å². The largest absolute Gasteiger partial charge is 0.346 e. The van der Waals surface area contributed by atoms with E-state index in [9.17, 15) is 8.42 Å². The van der Waals surface area contributed by atoms with Gasteiger partial charge in [0.25, 0.3) is 0 Å². The van der Waals surface area contributed by atoms with Crippen LogP contribution in [0.5, 0.6) is 0 Å². The van der Waals surface area contributed by atoms with Gasteiger partial charge in [-0.3, -0.25) is 0 Å². The first kappa shape index (κ1) is 21.0. The maximum absolute atomic E-state index is 12.8. The van der Waals surface area contributed by atoms with Crippen LogP contribution in [0.15, 0.2) is 53.4 Å². The monoisotopic (exact) mass is 437 g/mol. The minimum absolute atomic E-state index is 0.260. The van der Waals surface area contributed by atoms with E-state index in [2.05, 4.69) is 31.3 Å². The summed E-state index contributed by atoms with van der Waals surface area (Å²) < 4.78 is 27.0. The van der Waals surface area contributed by atoms with Crippen molar-refractivity contribution in [1.82, 2.24) is 9.21 Å². The Kier molecular flexibility index (Phi) is 6.60. The van der Waals surface area contributed by atoms with Crippen molar-refractivity contribution < 1.29 is 8.42 Å². The normalized spacial score (nSPS) is 15.6. The number of nitrogens with zero attached hydrogens (tertiary/aromatic N) is 2. The molecular weight excluding hydrogens is 414 g/mol. The molecule has 28 heavy (non-hydrogen) atoms. The van der Waals surface area contributed by atoms with Crippen LogP contribution in [0.25, 0.3) is 0 Å². The number of rotatable bonds is 4. The molecule has 0 saturated carbocycles. The van der Waals surface area contributed by atoms with Gasteiger partial charge in [0, 0.05) is 36.9 Å². The number of halogens is 1. The van der Waals surface area contributed by atoms with Gasteiger partial charge in [-0.2, -0.15) is 4.31 Å². The lowest BCUT2D eigenvalue weighted by molar-refractivity contribution is 0.268. The first-order valence-corrected chi connectivity index (χ1v) is 11.4. The summed E-state index contributed by atoms with van der Waals surface area (Å²) in [6.07, 6.45) is 0. The van der Waals surface area contributed by atoms with E-state index in [1.807, 2.05) is 17.0 Å². The summed E-state index contributed by atoms with van der Waals surface area (Å²) >= 11 is 11.4. The maximum atomic E-state index is 12.8. The molecule has 1 aliphatic heterocycles. The Balaban J connectivity index is 1.58. The number of hydrogen-bond acceptors (Lipinski definition) is 3. The SMILES string of the molecule is CC(C)c1ccc(NC(=S)N2CCN(S(=O)(=O)c3ccc(Cl)cc3)CC2)cc1. The zero-order valence-electron chi connectivity index (χ0n) is 15.9. The summed E-state index contributed by atoms with van der Waals surface area (Å²) in [6.45, 7) is 6.18. The van der Waals surface area contributed by atoms with E-state index in [0.717, 1.165) is 5.69 Å². The van der Waals surface area contributed by atoms with Gasteiger partial charge in [-0.15, -0.1) is 0 Å². The summed E-state index contributed by atoms with van der Waals surface area (Å²) in [5, 5.41) is 4.37. The highest BCUT2D eigenvalue weighted by Gasteiger charge is 2.29. The molecule has 150 valence electrons. The fourth-order valence-corrected chi connectivity index (χ4v) is 4.89. The minimum Gasteiger partial charge on any atom is -0.346 e. The van der Waals surface area contributed by atoms with Crippen LogP contribution in [-0.4, -0.2) is 48.9 Å². The van der Waals surface area contributed by atoms with Crippen LogP contribution >= 0.6 is 23.8 Å². The first-order valence-electron chi connectivity index (χ1n) is 9.19. The van der Waals surface area contributed by atoms with Crippen LogP contribution in [0.2, 0.25) is 5.02 Å². The number of thiocarbonyl (C=S) groups is 1. The molecule has 2 aromatic rings. The molecule has 0 amide bonds. The Morgan fingerprint density at radius 3 is 2.11 bits per heavy atom. The molecule has 1 aliphatic rings. The van der Waals surface area contributed by atoms with Crippen LogP contribution in [0.1, 0.15) is 25.3 Å². The van der Waals surface area contributed by atoms with Crippen LogP contribution < -0.4 is 5.32 Å². The molecule has 5 nitrogen and oxygen atoms in total. The molecule has 0 atom stereocenters. The molecule has 0 aliphatic carbocycles. The topological polar surface area (TPSA) is 52.6 Å². The van der Waals surface area contributed by atoms with E-state index < -0.39 is 10.0 Å². The van der Waals surface area contributed by atoms with Gasteiger partial charge in [-0.25, -0.2) is 8.42 Å². The molecule has 1 saturated heterocycles. The standard InChI is InChI=1S/C20H24ClN3O2S2/c1-15(2)16-3-7-18(8-4-16)22-20(27)23-11-13-24(14-12-23)28(25,26)19-9-5-17(21)6-10-19/h3-10,15H,11-14H2,1-2H3,(H,22,27). The third-order valence-electron chi connectivity index (χ3n) is 4.81. The summed E-state index contributed by atoms with van der Waals surface area (Å²) in [5.41, 5.74) is 2.21. The van der Waals surface area contributed by atoms with Crippen LogP contribution in [0.4, 0.5) is 5.69 Å². The predicted molar refractivity (Wildman–Crippen MR) is 119 cm³/mol. The summed E-state index contributed by atoms with van der Waals surface area (Å²) in [5.74, 6) is 0.483. The highest BCUT2D eigenvalue weighted by Crippen LogP contribution is 2.21. The predicted octanol–water partition coefficient (Wildman–Crippen LogP) is 4.17. The van der Waals surface area contributed by atoms with Crippen LogP contribution in [-0.2, 0) is 10.0 Å². The number of benzene rings is 2. The molecule has 0 bridgehead atoms. The van der Waals surface area contributed by atoms with Gasteiger partial charge in [0.2, 0.25) is 10.0 Å². The van der Waals surface area contributed by atoms with E-state index in [0.29, 0.717) is 42.2 Å². The number of nitrogens with one attached hydrogen (secondary N) is 1. The molecule has 0 unspecified atom stereocenters. The van der Waals surface area contributed by atoms with Gasteiger partial charge in [-0.05, 0) is 60.1 Å². The summed E-state index contributed by atoms with van der Waals surface area (Å²) in [4.78, 5) is 2.26. The Labute approximate surface area is 177 Å². The third kappa shape index (κ3) is 4.84. The smallest absolute Gasteiger partial charge is 0.243 e. The molecule has 1 heterocycles. The lowest BCUT2D eigenvalue weighted by Crippen LogP contribution is -2.51. The van der Waals surface area contributed by atoms with E-state index in [4.69, 9.17) is 23.8 Å². The number of sulfonamides is 1. The molecule has 1 fully saturated rings. The average molecular weight is 438 g/mol. The van der Waals surface area contributed by atoms with Crippen molar-refractivity contribution in [3.63, 3.8) is 0 Å². The molecule has 0 radical (unpaired) electrons. The molecule has 0 aromatic heterocycles. The van der Waals surface area contributed by atoms with Crippen molar-refractivity contribution in [2.24, 2.45) is 0 Å². The second-order valence-electron chi connectivity index (χ2n) is 7.05. The summed E-state index contributed by atoms with van der Waals surface area (Å²) in [6, 6.07) is 14.5. The Hall–Kier alpha value is -1.67. The van der Waals surface area contributed by atoms with Gasteiger partial charge in [0.1, 0.15) is 0 Å².